The Bertz CT molecular complexity index is 517. The first-order chi connectivity index (χ1) is 8.20. The first-order valence-corrected chi connectivity index (χ1v) is 6.89. The van der Waals surface area contributed by atoms with Crippen molar-refractivity contribution < 1.29 is 0 Å². The molecule has 2 heterocycles. The second-order valence-electron chi connectivity index (χ2n) is 5.14. The predicted octanol–water partition coefficient (Wildman–Crippen LogP) is 3.50. The highest BCUT2D eigenvalue weighted by Crippen LogP contribution is 2.40. The fraction of sp³-hybridized carbons (Fsp3) is 0.333. The molecule has 3 rings (SSSR count). The molecule has 0 fully saturated rings. The number of nitrogens with zero attached hydrogens (tertiary/aromatic N) is 1. The van der Waals surface area contributed by atoms with Crippen LogP contribution < -0.4 is 0 Å². The SMILES string of the molecule is CN1Cc2ccccc2C(C)(c2cccs2)C1. The molecule has 0 amide bonds. The van der Waals surface area contributed by atoms with Crippen molar-refractivity contribution >= 4 is 11.3 Å². The van der Waals surface area contributed by atoms with Gasteiger partial charge in [0.05, 0.1) is 0 Å². The molecule has 0 bridgehead atoms. The third-order valence-corrected chi connectivity index (χ3v) is 4.84. The van der Waals surface area contributed by atoms with Gasteiger partial charge in [0.25, 0.3) is 0 Å². The minimum atomic E-state index is 0.151. The number of benzene rings is 1. The molecule has 0 N–H and O–H groups in total. The van der Waals surface area contributed by atoms with E-state index in [0.717, 1.165) is 13.1 Å². The second-order valence-corrected chi connectivity index (χ2v) is 6.09. The largest absolute Gasteiger partial charge is 0.301 e. The van der Waals surface area contributed by atoms with Crippen LogP contribution in [0.2, 0.25) is 0 Å². The molecule has 2 aromatic rings. The molecule has 0 aliphatic carbocycles. The monoisotopic (exact) mass is 243 g/mol. The minimum Gasteiger partial charge on any atom is -0.301 e. The van der Waals surface area contributed by atoms with E-state index in [2.05, 4.69) is 60.6 Å². The van der Waals surface area contributed by atoms with E-state index in [9.17, 15) is 0 Å². The van der Waals surface area contributed by atoms with Crippen LogP contribution in [0.5, 0.6) is 0 Å². The van der Waals surface area contributed by atoms with Crippen molar-refractivity contribution in [3.8, 4) is 0 Å². The molecule has 0 saturated carbocycles. The quantitative estimate of drug-likeness (QED) is 0.741. The van der Waals surface area contributed by atoms with E-state index >= 15 is 0 Å². The van der Waals surface area contributed by atoms with Crippen molar-refractivity contribution in [2.24, 2.45) is 0 Å². The van der Waals surface area contributed by atoms with Gasteiger partial charge in [-0.15, -0.1) is 11.3 Å². The molecule has 1 aliphatic heterocycles. The van der Waals surface area contributed by atoms with Crippen LogP contribution in [0.3, 0.4) is 0 Å². The molecule has 88 valence electrons. The maximum absolute atomic E-state index is 2.42. The maximum atomic E-state index is 2.42. The zero-order valence-corrected chi connectivity index (χ0v) is 11.1. The van der Waals surface area contributed by atoms with Crippen molar-refractivity contribution in [3.63, 3.8) is 0 Å². The molecule has 2 heteroatoms. The summed E-state index contributed by atoms with van der Waals surface area (Å²) in [5, 5.41) is 2.18. The molecular weight excluding hydrogens is 226 g/mol. The van der Waals surface area contributed by atoms with Crippen LogP contribution in [0, 0.1) is 0 Å². The van der Waals surface area contributed by atoms with Crippen LogP contribution in [-0.4, -0.2) is 18.5 Å². The molecule has 1 nitrogen and oxygen atoms in total. The van der Waals surface area contributed by atoms with Crippen LogP contribution in [0.15, 0.2) is 41.8 Å². The van der Waals surface area contributed by atoms with Gasteiger partial charge in [-0.05, 0) is 36.5 Å². The Kier molecular flexibility index (Phi) is 2.57. The van der Waals surface area contributed by atoms with E-state index in [0.29, 0.717) is 0 Å². The Morgan fingerprint density at radius 3 is 2.76 bits per heavy atom. The summed E-state index contributed by atoms with van der Waals surface area (Å²) < 4.78 is 0. The number of rotatable bonds is 1. The normalized spacial score (nSPS) is 24.6. The van der Waals surface area contributed by atoms with Crippen LogP contribution in [-0.2, 0) is 12.0 Å². The first kappa shape index (κ1) is 11.0. The fourth-order valence-electron chi connectivity index (χ4n) is 2.97. The lowest BCUT2D eigenvalue weighted by atomic mass is 9.76. The Balaban J connectivity index is 2.18. The third-order valence-electron chi connectivity index (χ3n) is 3.70. The maximum Gasteiger partial charge on any atom is 0.0398 e. The number of likely N-dealkylation sites (N-methyl/N-ethyl adjacent to an activating group) is 1. The Hall–Kier alpha value is -1.12. The van der Waals surface area contributed by atoms with Gasteiger partial charge in [0.15, 0.2) is 0 Å². The van der Waals surface area contributed by atoms with Crippen molar-refractivity contribution in [1.29, 1.82) is 0 Å². The third kappa shape index (κ3) is 1.72. The average Bonchev–Trinajstić information content (AvgIpc) is 2.82. The lowest BCUT2D eigenvalue weighted by Gasteiger charge is -2.40. The molecule has 1 unspecified atom stereocenters. The Morgan fingerprint density at radius 2 is 2.00 bits per heavy atom. The Morgan fingerprint density at radius 1 is 1.18 bits per heavy atom. The van der Waals surface area contributed by atoms with E-state index in [1.165, 1.54) is 16.0 Å². The second kappa shape index (κ2) is 3.97. The summed E-state index contributed by atoms with van der Waals surface area (Å²) in [4.78, 5) is 3.89. The highest BCUT2D eigenvalue weighted by Gasteiger charge is 2.36. The van der Waals surface area contributed by atoms with E-state index in [1.807, 2.05) is 11.3 Å². The summed E-state index contributed by atoms with van der Waals surface area (Å²) in [5.41, 5.74) is 3.12. The summed E-state index contributed by atoms with van der Waals surface area (Å²) in [6.07, 6.45) is 0. The number of fused-ring (bicyclic) bond motifs is 1. The molecular formula is C15H17NS. The van der Waals surface area contributed by atoms with Gasteiger partial charge in [0.1, 0.15) is 0 Å². The van der Waals surface area contributed by atoms with Gasteiger partial charge in [-0.2, -0.15) is 0 Å². The zero-order valence-electron chi connectivity index (χ0n) is 10.3. The first-order valence-electron chi connectivity index (χ1n) is 6.01. The number of thiophene rings is 1. The van der Waals surface area contributed by atoms with Gasteiger partial charge >= 0.3 is 0 Å². The predicted molar refractivity (Wildman–Crippen MR) is 73.5 cm³/mol. The lowest BCUT2D eigenvalue weighted by Crippen LogP contribution is -2.42. The molecule has 0 radical (unpaired) electrons. The van der Waals surface area contributed by atoms with Crippen molar-refractivity contribution in [2.75, 3.05) is 13.6 Å². The lowest BCUT2D eigenvalue weighted by molar-refractivity contribution is 0.250. The average molecular weight is 243 g/mol. The summed E-state index contributed by atoms with van der Waals surface area (Å²) in [6.45, 7) is 4.54. The molecule has 0 spiro atoms. The highest BCUT2D eigenvalue weighted by atomic mass is 32.1. The molecule has 1 atom stereocenters. The van der Waals surface area contributed by atoms with E-state index in [4.69, 9.17) is 0 Å². The van der Waals surface area contributed by atoms with Crippen LogP contribution in [0.25, 0.3) is 0 Å². The molecule has 1 aliphatic rings. The van der Waals surface area contributed by atoms with E-state index < -0.39 is 0 Å². The van der Waals surface area contributed by atoms with Gasteiger partial charge < -0.3 is 4.90 Å². The molecule has 17 heavy (non-hydrogen) atoms. The van der Waals surface area contributed by atoms with Crippen molar-refractivity contribution in [1.82, 2.24) is 4.90 Å². The highest BCUT2D eigenvalue weighted by molar-refractivity contribution is 7.10. The van der Waals surface area contributed by atoms with Crippen LogP contribution in [0.4, 0.5) is 0 Å². The fourth-order valence-corrected chi connectivity index (χ4v) is 3.87. The van der Waals surface area contributed by atoms with Crippen molar-refractivity contribution in [3.05, 3.63) is 57.8 Å². The smallest absolute Gasteiger partial charge is 0.0398 e. The van der Waals surface area contributed by atoms with Gasteiger partial charge in [0, 0.05) is 23.4 Å². The van der Waals surface area contributed by atoms with Gasteiger partial charge in [-0.25, -0.2) is 0 Å². The minimum absolute atomic E-state index is 0.151. The van der Waals surface area contributed by atoms with Crippen LogP contribution in [0.1, 0.15) is 22.9 Å². The van der Waals surface area contributed by atoms with E-state index in [-0.39, 0.29) is 5.41 Å². The number of hydrogen-bond donors (Lipinski definition) is 0. The van der Waals surface area contributed by atoms with E-state index in [1.54, 1.807) is 0 Å². The molecule has 1 aromatic heterocycles. The van der Waals surface area contributed by atoms with Crippen molar-refractivity contribution in [2.45, 2.75) is 18.9 Å². The van der Waals surface area contributed by atoms with Gasteiger partial charge in [-0.1, -0.05) is 30.3 Å². The standard InChI is InChI=1S/C15H17NS/c1-15(14-8-5-9-17-14)11-16(2)10-12-6-3-4-7-13(12)15/h3-9H,10-11H2,1-2H3. The van der Waals surface area contributed by atoms with Gasteiger partial charge in [-0.3, -0.25) is 0 Å². The summed E-state index contributed by atoms with van der Waals surface area (Å²) in [7, 11) is 2.21. The topological polar surface area (TPSA) is 3.24 Å². The molecule has 1 aromatic carbocycles. The van der Waals surface area contributed by atoms with Crippen LogP contribution >= 0.6 is 11.3 Å². The zero-order chi connectivity index (χ0) is 11.9. The summed E-state index contributed by atoms with van der Waals surface area (Å²) in [5.74, 6) is 0. The molecule has 0 saturated heterocycles. The Labute approximate surface area is 107 Å². The summed E-state index contributed by atoms with van der Waals surface area (Å²) >= 11 is 1.87. The summed E-state index contributed by atoms with van der Waals surface area (Å²) in [6, 6.07) is 13.3. The van der Waals surface area contributed by atoms with Gasteiger partial charge in [0.2, 0.25) is 0 Å². The number of hydrogen-bond acceptors (Lipinski definition) is 2.